The third kappa shape index (κ3) is 2.10. The zero-order chi connectivity index (χ0) is 13.5. The molecule has 1 aromatic heterocycles. The molecule has 4 nitrogen and oxygen atoms in total. The fraction of sp³-hybridized carbons (Fsp3) is 0.417. The van der Waals surface area contributed by atoms with E-state index in [4.69, 9.17) is 12.2 Å². The van der Waals surface area contributed by atoms with Crippen molar-refractivity contribution in [1.29, 1.82) is 0 Å². The van der Waals surface area contributed by atoms with Crippen molar-refractivity contribution in [2.75, 3.05) is 6.26 Å². The maximum absolute atomic E-state index is 11.7. The predicted molar refractivity (Wildman–Crippen MR) is 75.2 cm³/mol. The van der Waals surface area contributed by atoms with E-state index in [-0.39, 0.29) is 6.04 Å². The van der Waals surface area contributed by atoms with Gasteiger partial charge in [0.1, 0.15) is 0 Å². The summed E-state index contributed by atoms with van der Waals surface area (Å²) in [5.41, 5.74) is 1.45. The molecule has 2 rings (SSSR count). The fourth-order valence-electron chi connectivity index (χ4n) is 2.05. The Morgan fingerprint density at radius 2 is 2.11 bits per heavy atom. The molecular weight excluding hydrogens is 268 g/mol. The lowest BCUT2D eigenvalue weighted by molar-refractivity contribution is 0.539. The van der Waals surface area contributed by atoms with Crippen molar-refractivity contribution in [2.24, 2.45) is 0 Å². The molecule has 98 valence electrons. The van der Waals surface area contributed by atoms with Crippen LogP contribution in [0.15, 0.2) is 23.1 Å². The lowest BCUT2D eigenvalue weighted by atomic mass is 10.2. The highest BCUT2D eigenvalue weighted by Gasteiger charge is 2.17. The molecule has 0 aliphatic carbocycles. The minimum absolute atomic E-state index is 0.237. The zero-order valence-corrected chi connectivity index (χ0v) is 12.2. The number of rotatable bonds is 3. The molecule has 0 fully saturated rings. The zero-order valence-electron chi connectivity index (χ0n) is 10.6. The molecule has 0 amide bonds. The molecule has 1 heterocycles. The molecule has 0 aliphatic rings. The van der Waals surface area contributed by atoms with Crippen molar-refractivity contribution in [3.63, 3.8) is 0 Å². The Morgan fingerprint density at radius 3 is 2.67 bits per heavy atom. The molecule has 0 aliphatic heterocycles. The van der Waals surface area contributed by atoms with E-state index >= 15 is 0 Å². The van der Waals surface area contributed by atoms with Crippen molar-refractivity contribution in [2.45, 2.75) is 31.2 Å². The summed E-state index contributed by atoms with van der Waals surface area (Å²) >= 11 is 5.29. The minimum Gasteiger partial charge on any atom is -0.329 e. The van der Waals surface area contributed by atoms with Gasteiger partial charge in [-0.25, -0.2) is 8.42 Å². The van der Waals surface area contributed by atoms with Crippen LogP contribution in [0.5, 0.6) is 0 Å². The van der Waals surface area contributed by atoms with Crippen LogP contribution in [0.4, 0.5) is 0 Å². The average Bonchev–Trinajstić information content (AvgIpc) is 2.62. The van der Waals surface area contributed by atoms with Gasteiger partial charge in [0.05, 0.1) is 15.9 Å². The number of para-hydroxylation sites is 1. The molecular formula is C12H16N2O2S2. The molecule has 0 spiro atoms. The Bertz CT molecular complexity index is 741. The maximum Gasteiger partial charge on any atom is 0.178 e. The first-order valence-electron chi connectivity index (χ1n) is 5.79. The van der Waals surface area contributed by atoms with Gasteiger partial charge >= 0.3 is 0 Å². The van der Waals surface area contributed by atoms with E-state index in [9.17, 15) is 8.42 Å². The summed E-state index contributed by atoms with van der Waals surface area (Å²) in [5, 5.41) is 0. The van der Waals surface area contributed by atoms with Gasteiger partial charge in [0.2, 0.25) is 0 Å². The number of hydrogen-bond donors (Lipinski definition) is 1. The van der Waals surface area contributed by atoms with Crippen LogP contribution in [-0.4, -0.2) is 24.2 Å². The number of nitrogens with one attached hydrogen (secondary N) is 1. The number of sulfone groups is 1. The third-order valence-electron chi connectivity index (χ3n) is 3.15. The largest absolute Gasteiger partial charge is 0.329 e. The Hall–Kier alpha value is -1.14. The van der Waals surface area contributed by atoms with Gasteiger partial charge in [-0.05, 0) is 37.7 Å². The first-order valence-corrected chi connectivity index (χ1v) is 8.09. The number of imidazole rings is 1. The van der Waals surface area contributed by atoms with Crippen molar-refractivity contribution < 1.29 is 8.42 Å². The highest BCUT2D eigenvalue weighted by Crippen LogP contribution is 2.26. The van der Waals surface area contributed by atoms with Crippen molar-refractivity contribution in [3.05, 3.63) is 23.0 Å². The van der Waals surface area contributed by atoms with E-state index in [0.717, 1.165) is 11.9 Å². The minimum atomic E-state index is -3.26. The Kier molecular flexibility index (Phi) is 3.33. The molecule has 0 radical (unpaired) electrons. The van der Waals surface area contributed by atoms with Gasteiger partial charge in [-0.15, -0.1) is 0 Å². The second-order valence-corrected chi connectivity index (χ2v) is 6.85. The molecule has 2 aromatic rings. The number of H-pyrrole nitrogens is 1. The molecule has 18 heavy (non-hydrogen) atoms. The van der Waals surface area contributed by atoms with Gasteiger partial charge in [-0.3, -0.25) is 0 Å². The van der Waals surface area contributed by atoms with Crippen molar-refractivity contribution in [3.8, 4) is 0 Å². The summed E-state index contributed by atoms with van der Waals surface area (Å²) in [6.07, 6.45) is 2.14. The highest BCUT2D eigenvalue weighted by atomic mass is 32.2. The van der Waals surface area contributed by atoms with E-state index in [1.54, 1.807) is 12.1 Å². The molecule has 1 aromatic carbocycles. The molecule has 0 bridgehead atoms. The quantitative estimate of drug-likeness (QED) is 0.881. The first-order chi connectivity index (χ1) is 8.36. The van der Waals surface area contributed by atoms with Crippen LogP contribution in [0.1, 0.15) is 26.3 Å². The Balaban J connectivity index is 2.88. The fourth-order valence-corrected chi connectivity index (χ4v) is 3.28. The van der Waals surface area contributed by atoms with Crippen LogP contribution in [0.3, 0.4) is 0 Å². The topological polar surface area (TPSA) is 54.9 Å². The molecule has 1 unspecified atom stereocenters. The smallest absolute Gasteiger partial charge is 0.178 e. The van der Waals surface area contributed by atoms with Gasteiger partial charge in [-0.1, -0.05) is 13.0 Å². The SMILES string of the molecule is CCC(C)n1c(=S)[nH]c2c(S(C)(=O)=O)cccc21. The molecule has 1 N–H and O–H groups in total. The number of benzene rings is 1. The normalized spacial score (nSPS) is 13.9. The van der Waals surface area contributed by atoms with Crippen LogP contribution in [0.2, 0.25) is 0 Å². The summed E-state index contributed by atoms with van der Waals surface area (Å²) in [7, 11) is -3.26. The summed E-state index contributed by atoms with van der Waals surface area (Å²) in [4.78, 5) is 3.32. The van der Waals surface area contributed by atoms with Crippen LogP contribution in [0.25, 0.3) is 11.0 Å². The predicted octanol–water partition coefficient (Wildman–Crippen LogP) is 3.07. The van der Waals surface area contributed by atoms with Gasteiger partial charge in [0.15, 0.2) is 14.6 Å². The van der Waals surface area contributed by atoms with Crippen LogP contribution < -0.4 is 0 Å². The summed E-state index contributed by atoms with van der Waals surface area (Å²) in [5.74, 6) is 0. The van der Waals surface area contributed by atoms with Crippen LogP contribution >= 0.6 is 12.2 Å². The monoisotopic (exact) mass is 284 g/mol. The van der Waals surface area contributed by atoms with E-state index in [0.29, 0.717) is 15.2 Å². The maximum atomic E-state index is 11.7. The van der Waals surface area contributed by atoms with Gasteiger partial charge in [0, 0.05) is 12.3 Å². The molecule has 6 heteroatoms. The summed E-state index contributed by atoms with van der Waals surface area (Å²) in [6, 6.07) is 5.48. The molecule has 0 saturated heterocycles. The number of nitrogens with zero attached hydrogens (tertiary/aromatic N) is 1. The molecule has 0 saturated carbocycles. The standard InChI is InChI=1S/C12H16N2O2S2/c1-4-8(2)14-9-6-5-7-10(18(3,15)16)11(9)13-12(14)17/h5-8H,4H2,1-3H3,(H,13,17). The Morgan fingerprint density at radius 1 is 1.44 bits per heavy atom. The van der Waals surface area contributed by atoms with Gasteiger partial charge in [0.25, 0.3) is 0 Å². The van der Waals surface area contributed by atoms with Crippen molar-refractivity contribution >= 4 is 33.1 Å². The number of hydrogen-bond acceptors (Lipinski definition) is 3. The third-order valence-corrected chi connectivity index (χ3v) is 4.58. The lowest BCUT2D eigenvalue weighted by Gasteiger charge is -2.11. The first kappa shape index (κ1) is 13.3. The van der Waals surface area contributed by atoms with E-state index in [1.165, 1.54) is 6.26 Å². The van der Waals surface area contributed by atoms with E-state index in [2.05, 4.69) is 18.8 Å². The number of aromatic nitrogens is 2. The highest BCUT2D eigenvalue weighted by molar-refractivity contribution is 7.91. The Labute approximate surface area is 112 Å². The lowest BCUT2D eigenvalue weighted by Crippen LogP contribution is -2.04. The van der Waals surface area contributed by atoms with Gasteiger partial charge in [-0.2, -0.15) is 0 Å². The summed E-state index contributed by atoms with van der Waals surface area (Å²) in [6.45, 7) is 4.14. The molecule has 1 atom stereocenters. The number of aromatic amines is 1. The van der Waals surface area contributed by atoms with Gasteiger partial charge < -0.3 is 9.55 Å². The van der Waals surface area contributed by atoms with E-state index < -0.39 is 9.84 Å². The van der Waals surface area contributed by atoms with Crippen molar-refractivity contribution in [1.82, 2.24) is 9.55 Å². The average molecular weight is 284 g/mol. The van der Waals surface area contributed by atoms with Crippen LogP contribution in [0, 0.1) is 4.77 Å². The van der Waals surface area contributed by atoms with E-state index in [1.807, 2.05) is 10.6 Å². The second-order valence-electron chi connectivity index (χ2n) is 4.48. The number of fused-ring (bicyclic) bond motifs is 1. The second kappa shape index (κ2) is 4.51. The van der Waals surface area contributed by atoms with Crippen LogP contribution in [-0.2, 0) is 9.84 Å². The summed E-state index contributed by atoms with van der Waals surface area (Å²) < 4.78 is 26.0.